The molecule has 0 bridgehead atoms. The Bertz CT molecular complexity index is 776. The third-order valence-corrected chi connectivity index (χ3v) is 5.13. The third kappa shape index (κ3) is 4.95. The van der Waals surface area contributed by atoms with Gasteiger partial charge in [0.05, 0.1) is 11.9 Å². The van der Waals surface area contributed by atoms with Gasteiger partial charge in [-0.3, -0.25) is 9.69 Å². The van der Waals surface area contributed by atoms with Gasteiger partial charge in [-0.15, -0.1) is 0 Å². The lowest BCUT2D eigenvalue weighted by Crippen LogP contribution is -2.46. The van der Waals surface area contributed by atoms with E-state index in [0.717, 1.165) is 57.1 Å². The van der Waals surface area contributed by atoms with Crippen LogP contribution in [0.3, 0.4) is 0 Å². The van der Waals surface area contributed by atoms with E-state index < -0.39 is 0 Å². The number of pyridine rings is 1. The van der Waals surface area contributed by atoms with Crippen LogP contribution in [0.25, 0.3) is 6.08 Å². The van der Waals surface area contributed by atoms with Gasteiger partial charge < -0.3 is 10.2 Å². The van der Waals surface area contributed by atoms with Gasteiger partial charge >= 0.3 is 0 Å². The molecule has 1 aliphatic heterocycles. The van der Waals surface area contributed by atoms with Gasteiger partial charge in [0.2, 0.25) is 5.91 Å². The van der Waals surface area contributed by atoms with Gasteiger partial charge in [-0.2, -0.15) is 0 Å². The number of amides is 1. The van der Waals surface area contributed by atoms with E-state index in [2.05, 4.69) is 56.5 Å². The molecule has 5 heteroatoms. The molecule has 1 saturated heterocycles. The number of hydrogen-bond donors (Lipinski definition) is 1. The highest BCUT2D eigenvalue weighted by atomic mass is 16.2. The van der Waals surface area contributed by atoms with Crippen molar-refractivity contribution in [2.75, 3.05) is 42.9 Å². The van der Waals surface area contributed by atoms with E-state index in [1.165, 1.54) is 5.56 Å². The standard InChI is InChI=1S/C22H26N4O/c27-22(19-8-9-19)24-20-10-11-21(23-17-20)26-15-13-25(14-16-26)12-4-7-18-5-2-1-3-6-18/h1-7,10-11,17,19H,8-9,12-16H2,(H,24,27)/b7-4+. The van der Waals surface area contributed by atoms with E-state index >= 15 is 0 Å². The van der Waals surface area contributed by atoms with Crippen molar-refractivity contribution < 1.29 is 4.79 Å². The Morgan fingerprint density at radius 2 is 1.85 bits per heavy atom. The number of hydrogen-bond acceptors (Lipinski definition) is 4. The lowest BCUT2D eigenvalue weighted by Gasteiger charge is -2.34. The van der Waals surface area contributed by atoms with Crippen molar-refractivity contribution in [2.45, 2.75) is 12.8 Å². The molecule has 27 heavy (non-hydrogen) atoms. The van der Waals surface area contributed by atoms with Crippen LogP contribution in [-0.2, 0) is 4.79 Å². The molecule has 0 spiro atoms. The highest BCUT2D eigenvalue weighted by molar-refractivity contribution is 5.93. The Hall–Kier alpha value is -2.66. The Morgan fingerprint density at radius 3 is 2.52 bits per heavy atom. The van der Waals surface area contributed by atoms with Gasteiger partial charge in [0.25, 0.3) is 0 Å². The van der Waals surface area contributed by atoms with Gasteiger partial charge in [-0.1, -0.05) is 42.5 Å². The fraction of sp³-hybridized carbons (Fsp3) is 0.364. The summed E-state index contributed by atoms with van der Waals surface area (Å²) >= 11 is 0. The minimum atomic E-state index is 0.127. The zero-order valence-corrected chi connectivity index (χ0v) is 15.6. The van der Waals surface area contributed by atoms with Gasteiger partial charge in [-0.05, 0) is 30.5 Å². The third-order valence-electron chi connectivity index (χ3n) is 5.13. The molecule has 2 aliphatic rings. The normalized spacial score (nSPS) is 18.0. The average molecular weight is 362 g/mol. The zero-order chi connectivity index (χ0) is 18.5. The molecule has 1 aromatic carbocycles. The van der Waals surface area contributed by atoms with Crippen molar-refractivity contribution in [3.8, 4) is 0 Å². The molecular weight excluding hydrogens is 336 g/mol. The molecule has 0 atom stereocenters. The Balaban J connectivity index is 1.24. The van der Waals surface area contributed by atoms with E-state index in [9.17, 15) is 4.79 Å². The maximum atomic E-state index is 11.8. The number of anilines is 2. The number of rotatable bonds is 6. The van der Waals surface area contributed by atoms with Gasteiger partial charge in [0.1, 0.15) is 5.82 Å². The van der Waals surface area contributed by atoms with Crippen molar-refractivity contribution in [1.29, 1.82) is 0 Å². The molecule has 2 heterocycles. The molecule has 140 valence electrons. The average Bonchev–Trinajstić information content (AvgIpc) is 3.56. The van der Waals surface area contributed by atoms with E-state index in [1.54, 1.807) is 6.20 Å². The fourth-order valence-corrected chi connectivity index (χ4v) is 3.30. The first-order chi connectivity index (χ1) is 13.3. The molecule has 1 aliphatic carbocycles. The second-order valence-corrected chi connectivity index (χ2v) is 7.27. The van der Waals surface area contributed by atoms with E-state index in [0.29, 0.717) is 0 Å². The van der Waals surface area contributed by atoms with Crippen LogP contribution >= 0.6 is 0 Å². The number of nitrogens with zero attached hydrogens (tertiary/aromatic N) is 3. The van der Waals surface area contributed by atoms with E-state index in [-0.39, 0.29) is 11.8 Å². The largest absolute Gasteiger partial charge is 0.354 e. The van der Waals surface area contributed by atoms with Gasteiger partial charge in [-0.25, -0.2) is 4.98 Å². The minimum Gasteiger partial charge on any atom is -0.354 e. The van der Waals surface area contributed by atoms with Crippen LogP contribution in [0, 0.1) is 5.92 Å². The number of benzene rings is 1. The smallest absolute Gasteiger partial charge is 0.227 e. The quantitative estimate of drug-likeness (QED) is 0.857. The van der Waals surface area contributed by atoms with Gasteiger partial charge in [0, 0.05) is 38.6 Å². The second-order valence-electron chi connectivity index (χ2n) is 7.27. The van der Waals surface area contributed by atoms with Crippen molar-refractivity contribution in [3.63, 3.8) is 0 Å². The van der Waals surface area contributed by atoms with Crippen LogP contribution in [-0.4, -0.2) is 48.5 Å². The molecule has 1 aromatic heterocycles. The second kappa shape index (κ2) is 8.35. The predicted octanol–water partition coefficient (Wildman–Crippen LogP) is 3.27. The zero-order valence-electron chi connectivity index (χ0n) is 15.6. The first kappa shape index (κ1) is 17.7. The Kier molecular flexibility index (Phi) is 5.49. The molecule has 2 aromatic rings. The first-order valence-corrected chi connectivity index (χ1v) is 9.74. The summed E-state index contributed by atoms with van der Waals surface area (Å²) in [5.74, 6) is 1.33. The van der Waals surface area contributed by atoms with Crippen molar-refractivity contribution in [1.82, 2.24) is 9.88 Å². The monoisotopic (exact) mass is 362 g/mol. The van der Waals surface area contributed by atoms with Crippen LogP contribution in [0.15, 0.2) is 54.7 Å². The number of carbonyl (C=O) groups excluding carboxylic acids is 1. The highest BCUT2D eigenvalue weighted by Gasteiger charge is 2.29. The highest BCUT2D eigenvalue weighted by Crippen LogP contribution is 2.30. The summed E-state index contributed by atoms with van der Waals surface area (Å²) in [6.07, 6.45) is 8.22. The lowest BCUT2D eigenvalue weighted by atomic mass is 10.2. The predicted molar refractivity (Wildman–Crippen MR) is 110 cm³/mol. The molecule has 0 unspecified atom stereocenters. The van der Waals surface area contributed by atoms with Crippen LogP contribution in [0.5, 0.6) is 0 Å². The Labute approximate surface area is 160 Å². The van der Waals surface area contributed by atoms with Crippen LogP contribution in [0.4, 0.5) is 11.5 Å². The van der Waals surface area contributed by atoms with Crippen LogP contribution in [0.1, 0.15) is 18.4 Å². The topological polar surface area (TPSA) is 48.5 Å². The fourth-order valence-electron chi connectivity index (χ4n) is 3.30. The molecule has 1 saturated carbocycles. The molecule has 4 rings (SSSR count). The number of aromatic nitrogens is 1. The van der Waals surface area contributed by atoms with Crippen LogP contribution < -0.4 is 10.2 Å². The summed E-state index contributed by atoms with van der Waals surface area (Å²) in [6.45, 7) is 4.98. The molecule has 2 fully saturated rings. The van der Waals surface area contributed by atoms with Gasteiger partial charge in [0.15, 0.2) is 0 Å². The summed E-state index contributed by atoms with van der Waals surface area (Å²) in [4.78, 5) is 21.1. The number of carbonyl (C=O) groups is 1. The number of piperazine rings is 1. The molecule has 5 nitrogen and oxygen atoms in total. The van der Waals surface area contributed by atoms with Crippen molar-refractivity contribution in [3.05, 3.63) is 60.3 Å². The summed E-state index contributed by atoms with van der Waals surface area (Å²) in [5.41, 5.74) is 2.04. The van der Waals surface area contributed by atoms with E-state index in [4.69, 9.17) is 0 Å². The number of nitrogens with one attached hydrogen (secondary N) is 1. The van der Waals surface area contributed by atoms with Crippen LogP contribution in [0.2, 0.25) is 0 Å². The molecular formula is C22H26N4O. The first-order valence-electron chi connectivity index (χ1n) is 9.74. The maximum absolute atomic E-state index is 11.8. The molecule has 0 radical (unpaired) electrons. The molecule has 1 N–H and O–H groups in total. The maximum Gasteiger partial charge on any atom is 0.227 e. The summed E-state index contributed by atoms with van der Waals surface area (Å²) in [7, 11) is 0. The SMILES string of the molecule is O=C(Nc1ccc(N2CCN(C/C=C/c3ccccc3)CC2)nc1)C1CC1. The van der Waals surface area contributed by atoms with Crippen molar-refractivity contribution in [2.24, 2.45) is 5.92 Å². The Morgan fingerprint density at radius 1 is 1.07 bits per heavy atom. The minimum absolute atomic E-state index is 0.127. The summed E-state index contributed by atoms with van der Waals surface area (Å²) in [5, 5.41) is 2.94. The summed E-state index contributed by atoms with van der Waals surface area (Å²) < 4.78 is 0. The van der Waals surface area contributed by atoms with E-state index in [1.807, 2.05) is 18.2 Å². The summed E-state index contributed by atoms with van der Waals surface area (Å²) in [6, 6.07) is 14.4. The molecule has 1 amide bonds. The lowest BCUT2D eigenvalue weighted by molar-refractivity contribution is -0.117. The van der Waals surface area contributed by atoms with Crippen molar-refractivity contribution >= 4 is 23.5 Å².